The number of aromatic hydroxyl groups is 1. The Hall–Kier alpha value is -0.730. The molecule has 0 heterocycles. The van der Waals surface area contributed by atoms with Crippen LogP contribution in [0.25, 0.3) is 0 Å². The number of phenolic OH excluding ortho intramolecular Hbond substituents is 1. The van der Waals surface area contributed by atoms with Crippen molar-refractivity contribution >= 4 is 12.4 Å². The van der Waals surface area contributed by atoms with Crippen molar-refractivity contribution in [2.75, 3.05) is 0 Å². The Morgan fingerprint density at radius 1 is 1.13 bits per heavy atom. The smallest absolute Gasteiger partial charge is 0.115 e. The molecule has 1 aromatic carbocycles. The molecule has 1 aliphatic rings. The van der Waals surface area contributed by atoms with Gasteiger partial charge in [-0.3, -0.25) is 0 Å². The predicted molar refractivity (Wildman–Crippen MR) is 64.3 cm³/mol. The molecule has 0 aromatic heterocycles. The molecule has 1 aromatic rings. The van der Waals surface area contributed by atoms with Crippen molar-refractivity contribution in [3.05, 3.63) is 29.8 Å². The first-order valence-electron chi connectivity index (χ1n) is 5.29. The maximum Gasteiger partial charge on any atom is 0.115 e. The summed E-state index contributed by atoms with van der Waals surface area (Å²) in [5.41, 5.74) is 7.22. The highest BCUT2D eigenvalue weighted by Crippen LogP contribution is 2.35. The van der Waals surface area contributed by atoms with E-state index in [4.69, 9.17) is 5.73 Å². The van der Waals surface area contributed by atoms with Crippen LogP contribution in [0.4, 0.5) is 0 Å². The molecule has 0 amide bonds. The standard InChI is InChI=1S/C12H17NO.ClH/c13-12(7-2-1-3-8-12)10-5-4-6-11(14)9-10;/h4-6,9,14H,1-3,7-8,13H2;1H. The highest BCUT2D eigenvalue weighted by atomic mass is 35.5. The van der Waals surface area contributed by atoms with E-state index < -0.39 is 0 Å². The van der Waals surface area contributed by atoms with Gasteiger partial charge in [-0.25, -0.2) is 0 Å². The fraction of sp³-hybridized carbons (Fsp3) is 0.500. The zero-order chi connectivity index (χ0) is 10.0. The van der Waals surface area contributed by atoms with Gasteiger partial charge in [0.15, 0.2) is 0 Å². The number of hydrogen-bond acceptors (Lipinski definition) is 2. The average Bonchev–Trinajstić information content (AvgIpc) is 2.19. The molecule has 2 nitrogen and oxygen atoms in total. The van der Waals surface area contributed by atoms with E-state index in [0.717, 1.165) is 18.4 Å². The Morgan fingerprint density at radius 2 is 1.80 bits per heavy atom. The molecular weight excluding hydrogens is 210 g/mol. The van der Waals surface area contributed by atoms with Crippen LogP contribution >= 0.6 is 12.4 Å². The molecule has 2 rings (SSSR count). The van der Waals surface area contributed by atoms with Crippen molar-refractivity contribution in [1.29, 1.82) is 0 Å². The van der Waals surface area contributed by atoms with Gasteiger partial charge < -0.3 is 10.8 Å². The van der Waals surface area contributed by atoms with E-state index in [0.29, 0.717) is 5.75 Å². The zero-order valence-corrected chi connectivity index (χ0v) is 9.59. The molecule has 1 aliphatic carbocycles. The fourth-order valence-electron chi connectivity index (χ4n) is 2.29. The lowest BCUT2D eigenvalue weighted by Gasteiger charge is -2.33. The van der Waals surface area contributed by atoms with E-state index in [2.05, 4.69) is 0 Å². The lowest BCUT2D eigenvalue weighted by Crippen LogP contribution is -2.38. The monoisotopic (exact) mass is 227 g/mol. The van der Waals surface area contributed by atoms with Crippen LogP contribution in [0.3, 0.4) is 0 Å². The maximum atomic E-state index is 9.40. The molecule has 1 saturated carbocycles. The zero-order valence-electron chi connectivity index (χ0n) is 8.78. The summed E-state index contributed by atoms with van der Waals surface area (Å²) in [5, 5.41) is 9.40. The Kier molecular flexibility index (Phi) is 4.00. The van der Waals surface area contributed by atoms with Crippen molar-refractivity contribution in [2.24, 2.45) is 5.73 Å². The summed E-state index contributed by atoms with van der Waals surface area (Å²) in [4.78, 5) is 0. The molecule has 3 N–H and O–H groups in total. The van der Waals surface area contributed by atoms with E-state index in [1.807, 2.05) is 12.1 Å². The molecule has 0 saturated heterocycles. The highest BCUT2D eigenvalue weighted by molar-refractivity contribution is 5.85. The minimum Gasteiger partial charge on any atom is -0.508 e. The van der Waals surface area contributed by atoms with Gasteiger partial charge in [-0.15, -0.1) is 12.4 Å². The van der Waals surface area contributed by atoms with Crippen LogP contribution in [0.15, 0.2) is 24.3 Å². The van der Waals surface area contributed by atoms with Crippen LogP contribution in [0.5, 0.6) is 5.75 Å². The molecule has 0 unspecified atom stereocenters. The highest BCUT2D eigenvalue weighted by Gasteiger charge is 2.29. The van der Waals surface area contributed by atoms with Gasteiger partial charge in [-0.05, 0) is 30.5 Å². The van der Waals surface area contributed by atoms with Crippen LogP contribution in [-0.2, 0) is 5.54 Å². The Labute approximate surface area is 96.9 Å². The molecule has 0 bridgehead atoms. The van der Waals surface area contributed by atoms with Crippen LogP contribution < -0.4 is 5.73 Å². The van der Waals surface area contributed by atoms with Crippen LogP contribution in [0.2, 0.25) is 0 Å². The molecule has 0 radical (unpaired) electrons. The normalized spacial score (nSPS) is 19.3. The first-order chi connectivity index (χ1) is 6.71. The van der Waals surface area contributed by atoms with Crippen molar-refractivity contribution < 1.29 is 5.11 Å². The topological polar surface area (TPSA) is 46.2 Å². The van der Waals surface area contributed by atoms with Crippen molar-refractivity contribution in [3.63, 3.8) is 0 Å². The third kappa shape index (κ3) is 2.64. The van der Waals surface area contributed by atoms with Gasteiger partial charge in [0, 0.05) is 5.54 Å². The summed E-state index contributed by atoms with van der Waals surface area (Å²) in [6, 6.07) is 7.37. The fourth-order valence-corrected chi connectivity index (χ4v) is 2.29. The molecule has 0 aliphatic heterocycles. The number of rotatable bonds is 1. The molecule has 15 heavy (non-hydrogen) atoms. The van der Waals surface area contributed by atoms with Crippen molar-refractivity contribution in [2.45, 2.75) is 37.6 Å². The lowest BCUT2D eigenvalue weighted by atomic mass is 9.77. The van der Waals surface area contributed by atoms with Crippen LogP contribution in [0.1, 0.15) is 37.7 Å². The largest absolute Gasteiger partial charge is 0.508 e. The van der Waals surface area contributed by atoms with Gasteiger partial charge in [-0.2, -0.15) is 0 Å². The first kappa shape index (κ1) is 12.3. The number of benzene rings is 1. The van der Waals surface area contributed by atoms with Gasteiger partial charge in [-0.1, -0.05) is 31.4 Å². The van der Waals surface area contributed by atoms with Gasteiger partial charge >= 0.3 is 0 Å². The van der Waals surface area contributed by atoms with E-state index >= 15 is 0 Å². The van der Waals surface area contributed by atoms with Gasteiger partial charge in [0.05, 0.1) is 0 Å². The molecule has 1 fully saturated rings. The summed E-state index contributed by atoms with van der Waals surface area (Å²) in [7, 11) is 0. The number of halogens is 1. The summed E-state index contributed by atoms with van der Waals surface area (Å²) >= 11 is 0. The van der Waals surface area contributed by atoms with Crippen LogP contribution in [-0.4, -0.2) is 5.11 Å². The van der Waals surface area contributed by atoms with Gasteiger partial charge in [0.2, 0.25) is 0 Å². The first-order valence-corrected chi connectivity index (χ1v) is 5.29. The van der Waals surface area contributed by atoms with Crippen LogP contribution in [0, 0.1) is 0 Å². The van der Waals surface area contributed by atoms with E-state index in [1.54, 1.807) is 12.1 Å². The Morgan fingerprint density at radius 3 is 2.40 bits per heavy atom. The third-order valence-corrected chi connectivity index (χ3v) is 3.17. The minimum atomic E-state index is -0.197. The van der Waals surface area contributed by atoms with E-state index in [1.165, 1.54) is 19.3 Å². The third-order valence-electron chi connectivity index (χ3n) is 3.17. The van der Waals surface area contributed by atoms with Gasteiger partial charge in [0.1, 0.15) is 5.75 Å². The molecule has 3 heteroatoms. The summed E-state index contributed by atoms with van der Waals surface area (Å²) in [5.74, 6) is 0.317. The molecule has 0 atom stereocenters. The number of phenols is 1. The van der Waals surface area contributed by atoms with Gasteiger partial charge in [0.25, 0.3) is 0 Å². The SMILES string of the molecule is Cl.NC1(c2cccc(O)c2)CCCCC1. The van der Waals surface area contributed by atoms with Crippen molar-refractivity contribution in [3.8, 4) is 5.75 Å². The predicted octanol–water partition coefficient (Wildman–Crippen LogP) is 2.93. The Balaban J connectivity index is 0.00000112. The summed E-state index contributed by atoms with van der Waals surface area (Å²) in [6.07, 6.45) is 5.77. The van der Waals surface area contributed by atoms with E-state index in [-0.39, 0.29) is 17.9 Å². The lowest BCUT2D eigenvalue weighted by molar-refractivity contribution is 0.301. The molecule has 84 valence electrons. The average molecular weight is 228 g/mol. The van der Waals surface area contributed by atoms with E-state index in [9.17, 15) is 5.11 Å². The maximum absolute atomic E-state index is 9.40. The Bertz CT molecular complexity index is 321. The summed E-state index contributed by atoms with van der Waals surface area (Å²) < 4.78 is 0. The number of hydrogen-bond donors (Lipinski definition) is 2. The minimum absolute atomic E-state index is 0. The summed E-state index contributed by atoms with van der Waals surface area (Å²) in [6.45, 7) is 0. The molecular formula is C12H18ClNO. The second kappa shape index (κ2) is 4.86. The van der Waals surface area contributed by atoms with Crippen molar-refractivity contribution in [1.82, 2.24) is 0 Å². The number of nitrogens with two attached hydrogens (primary N) is 1. The second-order valence-electron chi connectivity index (χ2n) is 4.27. The second-order valence-corrected chi connectivity index (χ2v) is 4.27. The molecule has 0 spiro atoms. The quantitative estimate of drug-likeness (QED) is 0.775.